The van der Waals surface area contributed by atoms with Gasteiger partial charge in [0.05, 0.1) is 0 Å². The van der Waals surface area contributed by atoms with Gasteiger partial charge in [-0.05, 0) is 36.8 Å². The number of nitrogens with one attached hydrogen (secondary N) is 2. The molecule has 0 aliphatic rings. The minimum absolute atomic E-state index is 0.0274. The molecule has 1 aromatic carbocycles. The average molecular weight is 397 g/mol. The van der Waals surface area contributed by atoms with Crippen molar-refractivity contribution in [2.24, 2.45) is 0 Å². The molecule has 5 heteroatoms. The highest BCUT2D eigenvalue weighted by atomic mass is 35.5. The second kappa shape index (κ2) is 15.0. The van der Waals surface area contributed by atoms with Crippen LogP contribution in [0.15, 0.2) is 24.3 Å². The van der Waals surface area contributed by atoms with Crippen LogP contribution in [-0.4, -0.2) is 11.0 Å². The Labute approximate surface area is 169 Å². The zero-order valence-corrected chi connectivity index (χ0v) is 17.6. The number of carbonyl (C=O) groups excluding carboxylic acids is 1. The molecule has 0 aliphatic carbocycles. The third-order valence-electron chi connectivity index (χ3n) is 4.34. The fraction of sp³-hybridized carbons (Fsp3) is 0.619. The molecular weight excluding hydrogens is 364 g/mol. The number of unbranched alkanes of at least 4 members (excludes halogenated alkanes) is 10. The third-order valence-corrected chi connectivity index (χ3v) is 4.78. The minimum Gasteiger partial charge on any atom is -0.332 e. The van der Waals surface area contributed by atoms with Gasteiger partial charge in [0.25, 0.3) is 0 Å². The van der Waals surface area contributed by atoms with E-state index < -0.39 is 0 Å². The van der Waals surface area contributed by atoms with Gasteiger partial charge >= 0.3 is 0 Å². The van der Waals surface area contributed by atoms with Crippen molar-refractivity contribution < 1.29 is 4.79 Å². The molecule has 0 atom stereocenters. The summed E-state index contributed by atoms with van der Waals surface area (Å²) in [6.07, 6.45) is 14.6. The average Bonchev–Trinajstić information content (AvgIpc) is 2.59. The van der Waals surface area contributed by atoms with E-state index in [1.807, 2.05) is 12.1 Å². The molecule has 1 aromatic rings. The molecule has 0 saturated heterocycles. The highest BCUT2D eigenvalue weighted by molar-refractivity contribution is 7.80. The molecule has 1 amide bonds. The zero-order chi connectivity index (χ0) is 19.0. The van der Waals surface area contributed by atoms with Crippen LogP contribution in [-0.2, 0) is 4.79 Å². The molecule has 0 spiro atoms. The first-order chi connectivity index (χ1) is 12.6. The number of hydrogen-bond acceptors (Lipinski definition) is 2. The second-order valence-electron chi connectivity index (χ2n) is 6.80. The Bertz CT molecular complexity index is 536. The number of benzene rings is 1. The van der Waals surface area contributed by atoms with Gasteiger partial charge in [-0.15, -0.1) is 0 Å². The van der Waals surface area contributed by atoms with Gasteiger partial charge in [-0.1, -0.05) is 88.8 Å². The first-order valence-electron chi connectivity index (χ1n) is 9.98. The summed E-state index contributed by atoms with van der Waals surface area (Å²) in [5.74, 6) is -0.0274. The summed E-state index contributed by atoms with van der Waals surface area (Å²) in [7, 11) is 0. The van der Waals surface area contributed by atoms with Crippen molar-refractivity contribution in [2.75, 3.05) is 5.32 Å². The Morgan fingerprint density at radius 1 is 0.962 bits per heavy atom. The molecule has 0 bridgehead atoms. The van der Waals surface area contributed by atoms with Crippen LogP contribution in [0.4, 0.5) is 5.69 Å². The van der Waals surface area contributed by atoms with E-state index in [1.165, 1.54) is 57.8 Å². The summed E-state index contributed by atoms with van der Waals surface area (Å²) < 4.78 is 0. The van der Waals surface area contributed by atoms with Crippen molar-refractivity contribution in [1.82, 2.24) is 5.32 Å². The standard InChI is InChI=1S/C21H33ClN2OS/c1-2-3-4-5-6-7-8-9-10-11-12-16-20(25)24-21(26)23-19-15-13-14-18(22)17-19/h13-15,17H,2-12,16H2,1H3,(H2,23,24,25,26). The van der Waals surface area contributed by atoms with Crippen LogP contribution in [0.2, 0.25) is 5.02 Å². The SMILES string of the molecule is CCCCCCCCCCCCCC(=O)NC(=S)Nc1cccc(Cl)c1. The van der Waals surface area contributed by atoms with Crippen LogP contribution >= 0.6 is 23.8 Å². The molecule has 0 fully saturated rings. The third kappa shape index (κ3) is 12.3. The van der Waals surface area contributed by atoms with E-state index in [9.17, 15) is 4.79 Å². The van der Waals surface area contributed by atoms with Gasteiger partial charge in [0.2, 0.25) is 5.91 Å². The summed E-state index contributed by atoms with van der Waals surface area (Å²) in [5, 5.41) is 6.64. The number of anilines is 1. The largest absolute Gasteiger partial charge is 0.332 e. The number of carbonyl (C=O) groups is 1. The Morgan fingerprint density at radius 3 is 2.12 bits per heavy atom. The lowest BCUT2D eigenvalue weighted by Crippen LogP contribution is -2.33. The molecule has 1 rings (SSSR count). The maximum atomic E-state index is 11.9. The van der Waals surface area contributed by atoms with Crippen LogP contribution in [0.25, 0.3) is 0 Å². The van der Waals surface area contributed by atoms with Crippen molar-refractivity contribution in [3.8, 4) is 0 Å². The van der Waals surface area contributed by atoms with Gasteiger partial charge < -0.3 is 10.6 Å². The zero-order valence-electron chi connectivity index (χ0n) is 16.0. The fourth-order valence-electron chi connectivity index (χ4n) is 2.87. The topological polar surface area (TPSA) is 41.1 Å². The Morgan fingerprint density at radius 2 is 1.54 bits per heavy atom. The molecule has 2 N–H and O–H groups in total. The quantitative estimate of drug-likeness (QED) is 0.283. The lowest BCUT2D eigenvalue weighted by atomic mass is 10.1. The molecule has 0 unspecified atom stereocenters. The molecular formula is C21H33ClN2OS. The van der Waals surface area contributed by atoms with E-state index in [1.54, 1.807) is 12.1 Å². The molecule has 146 valence electrons. The first-order valence-corrected chi connectivity index (χ1v) is 10.8. The van der Waals surface area contributed by atoms with Gasteiger partial charge in [0.1, 0.15) is 0 Å². The van der Waals surface area contributed by atoms with E-state index in [0.717, 1.165) is 18.5 Å². The summed E-state index contributed by atoms with van der Waals surface area (Å²) in [4.78, 5) is 11.9. The second-order valence-corrected chi connectivity index (χ2v) is 7.64. The van der Waals surface area contributed by atoms with Crippen molar-refractivity contribution >= 4 is 40.5 Å². The molecule has 3 nitrogen and oxygen atoms in total. The van der Waals surface area contributed by atoms with Crippen LogP contribution in [0.1, 0.15) is 84.0 Å². The predicted octanol–water partition coefficient (Wildman–Crippen LogP) is 6.85. The molecule has 0 radical (unpaired) electrons. The van der Waals surface area contributed by atoms with E-state index in [2.05, 4.69) is 17.6 Å². The summed E-state index contributed by atoms with van der Waals surface area (Å²) in [6.45, 7) is 2.25. The highest BCUT2D eigenvalue weighted by Crippen LogP contribution is 2.15. The van der Waals surface area contributed by atoms with Gasteiger partial charge in [-0.25, -0.2) is 0 Å². The van der Waals surface area contributed by atoms with Crippen LogP contribution < -0.4 is 10.6 Å². The summed E-state index contributed by atoms with van der Waals surface area (Å²) >= 11 is 11.1. The minimum atomic E-state index is -0.0274. The van der Waals surface area contributed by atoms with Crippen LogP contribution in [0.3, 0.4) is 0 Å². The number of rotatable bonds is 13. The van der Waals surface area contributed by atoms with Crippen LogP contribution in [0.5, 0.6) is 0 Å². The molecule has 0 saturated carbocycles. The highest BCUT2D eigenvalue weighted by Gasteiger charge is 2.05. The Balaban J connectivity index is 1.97. The van der Waals surface area contributed by atoms with Crippen molar-refractivity contribution in [1.29, 1.82) is 0 Å². The van der Waals surface area contributed by atoms with Crippen molar-refractivity contribution in [2.45, 2.75) is 84.0 Å². The first kappa shape index (κ1) is 22.9. The van der Waals surface area contributed by atoms with Gasteiger partial charge in [0.15, 0.2) is 5.11 Å². The number of amides is 1. The summed E-state index contributed by atoms with van der Waals surface area (Å²) in [5.41, 5.74) is 0.775. The Kier molecular flexibility index (Phi) is 13.2. The van der Waals surface area contributed by atoms with E-state index in [-0.39, 0.29) is 5.91 Å². The maximum Gasteiger partial charge on any atom is 0.226 e. The maximum absolute atomic E-state index is 11.9. The number of halogens is 1. The van der Waals surface area contributed by atoms with Gasteiger partial charge in [-0.3, -0.25) is 4.79 Å². The lowest BCUT2D eigenvalue weighted by molar-refractivity contribution is -0.119. The van der Waals surface area contributed by atoms with Crippen molar-refractivity contribution in [3.63, 3.8) is 0 Å². The molecule has 0 aliphatic heterocycles. The van der Waals surface area contributed by atoms with Crippen LogP contribution in [0, 0.1) is 0 Å². The van der Waals surface area contributed by atoms with E-state index >= 15 is 0 Å². The smallest absolute Gasteiger partial charge is 0.226 e. The molecule has 0 aromatic heterocycles. The summed E-state index contributed by atoms with van der Waals surface area (Å²) in [6, 6.07) is 7.25. The molecule has 26 heavy (non-hydrogen) atoms. The lowest BCUT2D eigenvalue weighted by Gasteiger charge is -2.09. The molecule has 0 heterocycles. The number of hydrogen-bond donors (Lipinski definition) is 2. The van der Waals surface area contributed by atoms with Crippen molar-refractivity contribution in [3.05, 3.63) is 29.3 Å². The normalized spacial score (nSPS) is 10.5. The predicted molar refractivity (Wildman–Crippen MR) is 117 cm³/mol. The van der Waals surface area contributed by atoms with Gasteiger partial charge in [0, 0.05) is 17.1 Å². The monoisotopic (exact) mass is 396 g/mol. The van der Waals surface area contributed by atoms with E-state index in [0.29, 0.717) is 16.6 Å². The van der Waals surface area contributed by atoms with E-state index in [4.69, 9.17) is 23.8 Å². The number of thiocarbonyl (C=S) groups is 1. The Hall–Kier alpha value is -1.13. The fourth-order valence-corrected chi connectivity index (χ4v) is 3.29. The van der Waals surface area contributed by atoms with Gasteiger partial charge in [-0.2, -0.15) is 0 Å².